The first-order chi connectivity index (χ1) is 16.2. The van der Waals surface area contributed by atoms with Crippen LogP contribution in [0, 0.1) is 0 Å². The van der Waals surface area contributed by atoms with E-state index in [-0.39, 0.29) is 60.5 Å². The molecule has 7 nitrogen and oxygen atoms in total. The monoisotopic (exact) mass is 506 g/mol. The Kier molecular flexibility index (Phi) is 11.3. The van der Waals surface area contributed by atoms with E-state index in [1.807, 2.05) is 6.07 Å². The fraction of sp³-hybridized carbons (Fsp3) is 0.231. The zero-order valence-corrected chi connectivity index (χ0v) is 22.3. The van der Waals surface area contributed by atoms with E-state index in [0.29, 0.717) is 23.3 Å². The third kappa shape index (κ3) is 9.33. The molecular weight excluding hydrogens is 479 g/mol. The van der Waals surface area contributed by atoms with Crippen molar-refractivity contribution in [3.05, 3.63) is 102 Å². The Hall–Kier alpha value is -2.33. The van der Waals surface area contributed by atoms with E-state index < -0.39 is 21.5 Å². The molecule has 0 amide bonds. The molecule has 0 bridgehead atoms. The maximum atomic E-state index is 11.7. The Bertz CT molecular complexity index is 1190. The summed E-state index contributed by atoms with van der Waals surface area (Å²) >= 11 is 0. The van der Waals surface area contributed by atoms with E-state index in [1.165, 1.54) is 24.3 Å². The summed E-state index contributed by atoms with van der Waals surface area (Å²) in [5.74, 6) is 0.840. The van der Waals surface area contributed by atoms with Gasteiger partial charge in [-0.25, -0.2) is 8.42 Å². The smallest absolute Gasteiger partial charge is 0.748 e. The first-order valence-electron chi connectivity index (χ1n) is 10.8. The van der Waals surface area contributed by atoms with Gasteiger partial charge in [0.15, 0.2) is 0 Å². The van der Waals surface area contributed by atoms with Crippen LogP contribution in [0.25, 0.3) is 0 Å². The van der Waals surface area contributed by atoms with Crippen LogP contribution in [0.15, 0.2) is 84.9 Å². The molecule has 0 aliphatic rings. The molecule has 180 valence electrons. The first-order valence-corrected chi connectivity index (χ1v) is 12.3. The number of ether oxygens (including phenoxy) is 1. The van der Waals surface area contributed by atoms with Crippen LogP contribution >= 0.6 is 0 Å². The summed E-state index contributed by atoms with van der Waals surface area (Å²) in [7, 11) is -4.52. The molecule has 3 rings (SSSR count). The topological polar surface area (TPSA) is 127 Å². The number of aliphatic hydroxyl groups is 1. The molecule has 3 aromatic carbocycles. The number of hydrogen-bond donors (Lipinski definition) is 3. The standard InChI is InChI=1S/C26H28O7S.Na/c27-22-13-11-20(12-14-22)25(28)7-3-5-24(34(30,31)32)17-10-19-8-15-23(16-9-19)33-18-21-4-1-2-6-26(21)29;/h1-4,6-9,11-16,24-25,27-29H,5,10,17-18H2,(H,30,31,32);/q;+1/p-1/b7-3+;/t24-,25+;/m0./s1. The van der Waals surface area contributed by atoms with Crippen LogP contribution in [0.5, 0.6) is 17.2 Å². The number of aromatic hydroxyl groups is 2. The maximum absolute atomic E-state index is 11.7. The van der Waals surface area contributed by atoms with E-state index >= 15 is 0 Å². The molecule has 0 fully saturated rings. The van der Waals surface area contributed by atoms with Gasteiger partial charge in [-0.2, -0.15) is 0 Å². The van der Waals surface area contributed by atoms with Crippen molar-refractivity contribution >= 4 is 10.1 Å². The van der Waals surface area contributed by atoms with Gasteiger partial charge in [0, 0.05) is 5.56 Å². The zero-order valence-electron chi connectivity index (χ0n) is 19.4. The minimum atomic E-state index is -4.52. The van der Waals surface area contributed by atoms with Crippen LogP contribution in [-0.4, -0.2) is 33.5 Å². The van der Waals surface area contributed by atoms with Crippen LogP contribution in [-0.2, 0) is 23.1 Å². The minimum absolute atomic E-state index is 0. The second-order valence-electron chi connectivity index (χ2n) is 7.92. The second kappa shape index (κ2) is 13.7. The summed E-state index contributed by atoms with van der Waals surface area (Å²) in [6, 6.07) is 20.0. The molecular formula is C26H27NaO7S. The summed E-state index contributed by atoms with van der Waals surface area (Å²) in [5, 5.41) is 28.2. The summed E-state index contributed by atoms with van der Waals surface area (Å²) in [6.45, 7) is 0.213. The fourth-order valence-corrected chi connectivity index (χ4v) is 4.15. The summed E-state index contributed by atoms with van der Waals surface area (Å²) in [5.41, 5.74) is 2.07. The molecule has 0 heterocycles. The van der Waals surface area contributed by atoms with E-state index in [4.69, 9.17) is 4.74 Å². The third-order valence-corrected chi connectivity index (χ3v) is 6.67. The predicted octanol–water partition coefficient (Wildman–Crippen LogP) is 1.21. The van der Waals surface area contributed by atoms with E-state index in [9.17, 15) is 28.3 Å². The van der Waals surface area contributed by atoms with Gasteiger partial charge >= 0.3 is 29.6 Å². The molecule has 3 N–H and O–H groups in total. The molecule has 0 saturated heterocycles. The molecule has 0 aliphatic carbocycles. The summed E-state index contributed by atoms with van der Waals surface area (Å²) < 4.78 is 40.8. The van der Waals surface area contributed by atoms with Crippen molar-refractivity contribution in [3.63, 3.8) is 0 Å². The van der Waals surface area contributed by atoms with Gasteiger partial charge in [-0.05, 0) is 60.7 Å². The Morgan fingerprint density at radius 1 is 0.943 bits per heavy atom. The van der Waals surface area contributed by atoms with Crippen molar-refractivity contribution in [2.24, 2.45) is 0 Å². The van der Waals surface area contributed by atoms with Gasteiger partial charge in [0.1, 0.15) is 23.9 Å². The Labute approximate surface area is 227 Å². The normalized spacial score (nSPS) is 13.2. The molecule has 3 aromatic rings. The largest absolute Gasteiger partial charge is 1.00 e. The molecule has 0 radical (unpaired) electrons. The van der Waals surface area contributed by atoms with Gasteiger partial charge in [-0.3, -0.25) is 0 Å². The SMILES string of the molecule is O=S(=O)([O-])[C@@H](C/C=C/[C@@H](O)c1ccc(O)cc1)CCc1ccc(OCc2ccccc2O)cc1.[Na+]. The molecule has 35 heavy (non-hydrogen) atoms. The van der Waals surface area contributed by atoms with Gasteiger partial charge in [0.2, 0.25) is 0 Å². The van der Waals surface area contributed by atoms with Gasteiger partial charge in [0.25, 0.3) is 0 Å². The first kappa shape index (κ1) is 28.9. The number of allylic oxidation sites excluding steroid dienone is 1. The van der Waals surface area contributed by atoms with Crippen LogP contribution < -0.4 is 34.3 Å². The fourth-order valence-electron chi connectivity index (χ4n) is 3.40. The Morgan fingerprint density at radius 2 is 1.60 bits per heavy atom. The Balaban J connectivity index is 0.00000432. The number of phenolic OH excluding ortho intramolecular Hbond substituents is 2. The third-order valence-electron chi connectivity index (χ3n) is 5.42. The summed E-state index contributed by atoms with van der Waals surface area (Å²) in [6.07, 6.45) is 2.47. The molecule has 0 aliphatic heterocycles. The molecule has 0 saturated carbocycles. The van der Waals surface area contributed by atoms with Crippen molar-refractivity contribution in [3.8, 4) is 17.2 Å². The number of para-hydroxylation sites is 1. The van der Waals surface area contributed by atoms with Crippen LogP contribution in [0.1, 0.15) is 35.6 Å². The number of aryl methyl sites for hydroxylation is 1. The molecule has 0 spiro atoms. The maximum Gasteiger partial charge on any atom is 1.00 e. The van der Waals surface area contributed by atoms with E-state index in [1.54, 1.807) is 54.6 Å². The average molecular weight is 507 g/mol. The van der Waals surface area contributed by atoms with Gasteiger partial charge in [0.05, 0.1) is 21.5 Å². The van der Waals surface area contributed by atoms with Crippen molar-refractivity contribution in [2.45, 2.75) is 37.2 Å². The molecule has 0 unspecified atom stereocenters. The zero-order chi connectivity index (χ0) is 24.6. The van der Waals surface area contributed by atoms with Crippen LogP contribution in [0.4, 0.5) is 0 Å². The Morgan fingerprint density at radius 3 is 2.23 bits per heavy atom. The number of phenols is 2. The van der Waals surface area contributed by atoms with Crippen LogP contribution in [0.3, 0.4) is 0 Å². The van der Waals surface area contributed by atoms with Crippen molar-refractivity contribution in [1.29, 1.82) is 0 Å². The summed E-state index contributed by atoms with van der Waals surface area (Å²) in [4.78, 5) is 0. The van der Waals surface area contributed by atoms with E-state index in [2.05, 4.69) is 0 Å². The average Bonchev–Trinajstić information content (AvgIpc) is 2.81. The number of rotatable bonds is 11. The van der Waals surface area contributed by atoms with E-state index in [0.717, 1.165) is 5.56 Å². The minimum Gasteiger partial charge on any atom is -0.748 e. The second-order valence-corrected chi connectivity index (χ2v) is 9.57. The van der Waals surface area contributed by atoms with Gasteiger partial charge in [-0.15, -0.1) is 0 Å². The molecule has 2 atom stereocenters. The number of hydrogen-bond acceptors (Lipinski definition) is 7. The molecule has 9 heteroatoms. The van der Waals surface area contributed by atoms with Crippen molar-refractivity contribution in [2.75, 3.05) is 0 Å². The van der Waals surface area contributed by atoms with Gasteiger partial charge < -0.3 is 24.6 Å². The van der Waals surface area contributed by atoms with Gasteiger partial charge in [-0.1, -0.05) is 54.6 Å². The van der Waals surface area contributed by atoms with Crippen molar-refractivity contribution < 1.29 is 62.6 Å². The predicted molar refractivity (Wildman–Crippen MR) is 128 cm³/mol. The number of aliphatic hydroxyl groups excluding tert-OH is 1. The quantitative estimate of drug-likeness (QED) is 0.203. The number of benzene rings is 3. The van der Waals surface area contributed by atoms with Crippen LogP contribution in [0.2, 0.25) is 0 Å². The van der Waals surface area contributed by atoms with Crippen molar-refractivity contribution in [1.82, 2.24) is 0 Å². The molecule has 0 aromatic heterocycles.